The van der Waals surface area contributed by atoms with Gasteiger partial charge >= 0.3 is 11.9 Å². The molecule has 0 aromatic heterocycles. The van der Waals surface area contributed by atoms with Crippen LogP contribution in [0.15, 0.2) is 96.3 Å². The molecule has 0 aliphatic carbocycles. The van der Waals surface area contributed by atoms with E-state index in [9.17, 15) is 24.2 Å². The lowest BCUT2D eigenvalue weighted by Crippen LogP contribution is -2.09. The Balaban J connectivity index is 1.86. The highest BCUT2D eigenvalue weighted by Gasteiger charge is 2.19. The number of ether oxygens (including phenoxy) is 2. The molecule has 180 valence electrons. The van der Waals surface area contributed by atoms with Crippen LogP contribution in [0.5, 0.6) is 11.5 Å². The molecule has 0 unspecified atom stereocenters. The number of hydrogen-bond donors (Lipinski definition) is 2. The van der Waals surface area contributed by atoms with E-state index in [-0.39, 0.29) is 35.8 Å². The maximum Gasteiger partial charge on any atom is 0.371 e. The summed E-state index contributed by atoms with van der Waals surface area (Å²) in [6.45, 7) is 1.79. The molecule has 0 fully saturated rings. The topological polar surface area (TPSA) is 93.1 Å². The molecule has 7 heteroatoms. The van der Waals surface area contributed by atoms with E-state index < -0.39 is 11.9 Å². The van der Waals surface area contributed by atoms with Crippen molar-refractivity contribution in [3.63, 3.8) is 0 Å². The van der Waals surface area contributed by atoms with Crippen molar-refractivity contribution in [2.45, 2.75) is 26.4 Å². The van der Waals surface area contributed by atoms with E-state index in [4.69, 9.17) is 9.47 Å². The molecule has 0 heterocycles. The Hall–Kier alpha value is -4.39. The summed E-state index contributed by atoms with van der Waals surface area (Å²) in [6.07, 6.45) is 2.24. The van der Waals surface area contributed by atoms with Gasteiger partial charge in [-0.3, -0.25) is 0 Å². The predicted molar refractivity (Wildman–Crippen MR) is 129 cm³/mol. The van der Waals surface area contributed by atoms with Gasteiger partial charge in [-0.1, -0.05) is 55.8 Å². The largest absolute Gasteiger partial charge is 0.481 e. The van der Waals surface area contributed by atoms with Gasteiger partial charge < -0.3 is 19.7 Å². The molecule has 2 N–H and O–H groups in total. The van der Waals surface area contributed by atoms with Crippen LogP contribution in [-0.2, 0) is 20.9 Å². The average Bonchev–Trinajstić information content (AvgIpc) is 2.85. The lowest BCUT2D eigenvalue weighted by Gasteiger charge is -2.13. The van der Waals surface area contributed by atoms with Crippen LogP contribution in [0.4, 0.5) is 4.39 Å². The van der Waals surface area contributed by atoms with E-state index in [0.29, 0.717) is 29.0 Å². The Labute approximate surface area is 202 Å². The van der Waals surface area contributed by atoms with Crippen molar-refractivity contribution < 1.29 is 33.7 Å². The predicted octanol–water partition coefficient (Wildman–Crippen LogP) is 6.44. The molecular formula is C28H25FO6. The molecule has 0 amide bonds. The van der Waals surface area contributed by atoms with E-state index in [0.717, 1.165) is 0 Å². The first kappa shape index (κ1) is 25.2. The van der Waals surface area contributed by atoms with Gasteiger partial charge in [-0.2, -0.15) is 0 Å². The van der Waals surface area contributed by atoms with Gasteiger partial charge in [0.2, 0.25) is 5.76 Å². The average molecular weight is 477 g/mol. The van der Waals surface area contributed by atoms with Crippen molar-refractivity contribution in [1.29, 1.82) is 0 Å². The number of carboxylic acid groups (broad SMARTS) is 2. The van der Waals surface area contributed by atoms with Gasteiger partial charge in [0.15, 0.2) is 0 Å². The fraction of sp³-hybridized carbons (Fsp3) is 0.143. The molecular weight excluding hydrogens is 451 g/mol. The minimum absolute atomic E-state index is 0.0567. The van der Waals surface area contributed by atoms with Crippen LogP contribution in [-0.4, -0.2) is 22.2 Å². The molecule has 0 bridgehead atoms. The molecule has 3 rings (SSSR count). The number of rotatable bonds is 11. The molecule has 0 radical (unpaired) electrons. The fourth-order valence-corrected chi connectivity index (χ4v) is 3.28. The Morgan fingerprint density at radius 1 is 0.857 bits per heavy atom. The summed E-state index contributed by atoms with van der Waals surface area (Å²) in [6, 6.07) is 21.1. The van der Waals surface area contributed by atoms with Crippen LogP contribution in [0.25, 0.3) is 5.57 Å². The fourth-order valence-electron chi connectivity index (χ4n) is 3.28. The second-order valence-electron chi connectivity index (χ2n) is 7.63. The second-order valence-corrected chi connectivity index (χ2v) is 7.63. The van der Waals surface area contributed by atoms with Gasteiger partial charge in [0.25, 0.3) is 0 Å². The number of carbonyl (C=O) groups is 2. The highest BCUT2D eigenvalue weighted by molar-refractivity contribution is 6.00. The minimum Gasteiger partial charge on any atom is -0.481 e. The van der Waals surface area contributed by atoms with Gasteiger partial charge in [0, 0.05) is 11.1 Å². The van der Waals surface area contributed by atoms with E-state index in [1.807, 2.05) is 6.92 Å². The summed E-state index contributed by atoms with van der Waals surface area (Å²) >= 11 is 0. The van der Waals surface area contributed by atoms with Crippen LogP contribution in [0.1, 0.15) is 30.9 Å². The van der Waals surface area contributed by atoms with Crippen LogP contribution < -0.4 is 4.74 Å². The number of aliphatic carboxylic acids is 2. The molecule has 0 saturated carbocycles. The standard InChI is InChI=1S/C28H25FO6/c1-2-6-21(27(30)31)17-25(20-7-4-3-5-8-20)26(28(32)33)34-18-19-9-13-23(14-10-19)35-24-15-11-22(29)12-16-24/h3-5,7-17H,2,6,18H2,1H3,(H,30,31)(H,32,33). The summed E-state index contributed by atoms with van der Waals surface area (Å²) in [5.41, 5.74) is 1.48. The van der Waals surface area contributed by atoms with Crippen LogP contribution >= 0.6 is 0 Å². The molecule has 0 atom stereocenters. The normalized spacial score (nSPS) is 12.0. The Morgan fingerprint density at radius 3 is 2.00 bits per heavy atom. The van der Waals surface area contributed by atoms with E-state index in [1.54, 1.807) is 54.6 Å². The first-order chi connectivity index (χ1) is 16.9. The van der Waals surface area contributed by atoms with Crippen molar-refractivity contribution in [1.82, 2.24) is 0 Å². The highest BCUT2D eigenvalue weighted by atomic mass is 19.1. The quantitative estimate of drug-likeness (QED) is 0.188. The third-order valence-corrected chi connectivity index (χ3v) is 4.99. The molecule has 0 aliphatic rings. The van der Waals surface area contributed by atoms with Crippen LogP contribution in [0.2, 0.25) is 0 Å². The number of benzene rings is 3. The first-order valence-electron chi connectivity index (χ1n) is 11.0. The van der Waals surface area contributed by atoms with Crippen molar-refractivity contribution >= 4 is 17.5 Å². The number of allylic oxidation sites excluding steroid dienone is 2. The second kappa shape index (κ2) is 12.2. The lowest BCUT2D eigenvalue weighted by molar-refractivity contribution is -0.137. The van der Waals surface area contributed by atoms with Gasteiger partial charge in [0.05, 0.1) is 0 Å². The lowest BCUT2D eigenvalue weighted by atomic mass is 9.99. The molecule has 3 aromatic rings. The van der Waals surface area contributed by atoms with Gasteiger partial charge in [-0.15, -0.1) is 0 Å². The van der Waals surface area contributed by atoms with Gasteiger partial charge in [0.1, 0.15) is 23.9 Å². The molecule has 6 nitrogen and oxygen atoms in total. The van der Waals surface area contributed by atoms with Crippen molar-refractivity contribution in [3.05, 3.63) is 113 Å². The van der Waals surface area contributed by atoms with E-state index >= 15 is 0 Å². The molecule has 3 aromatic carbocycles. The summed E-state index contributed by atoms with van der Waals surface area (Å²) in [5, 5.41) is 19.5. The Kier molecular flexibility index (Phi) is 8.78. The smallest absolute Gasteiger partial charge is 0.371 e. The van der Waals surface area contributed by atoms with E-state index in [2.05, 4.69) is 0 Å². The van der Waals surface area contributed by atoms with Crippen LogP contribution in [0, 0.1) is 5.82 Å². The zero-order valence-corrected chi connectivity index (χ0v) is 19.1. The van der Waals surface area contributed by atoms with Crippen molar-refractivity contribution in [2.75, 3.05) is 0 Å². The molecule has 0 aliphatic heterocycles. The van der Waals surface area contributed by atoms with Crippen LogP contribution in [0.3, 0.4) is 0 Å². The van der Waals surface area contributed by atoms with Crippen molar-refractivity contribution in [3.8, 4) is 11.5 Å². The Morgan fingerprint density at radius 2 is 1.46 bits per heavy atom. The first-order valence-corrected chi connectivity index (χ1v) is 11.0. The zero-order valence-electron chi connectivity index (χ0n) is 19.1. The Bertz CT molecular complexity index is 1210. The maximum atomic E-state index is 13.1. The monoisotopic (exact) mass is 476 g/mol. The SMILES string of the molecule is CCCC(=CC(=C(OCc1ccc(Oc2ccc(F)cc2)cc1)C(=O)O)c1ccccc1)C(=O)O. The summed E-state index contributed by atoms with van der Waals surface area (Å²) in [7, 11) is 0. The molecule has 0 saturated heterocycles. The highest BCUT2D eigenvalue weighted by Crippen LogP contribution is 2.26. The van der Waals surface area contributed by atoms with Gasteiger partial charge in [-0.25, -0.2) is 14.0 Å². The van der Waals surface area contributed by atoms with Gasteiger partial charge in [-0.05, 0) is 60.0 Å². The molecule has 35 heavy (non-hydrogen) atoms. The maximum absolute atomic E-state index is 13.1. The van der Waals surface area contributed by atoms with Crippen molar-refractivity contribution in [2.24, 2.45) is 0 Å². The zero-order chi connectivity index (χ0) is 25.2. The number of carboxylic acids is 2. The summed E-state index contributed by atoms with van der Waals surface area (Å²) < 4.78 is 24.4. The minimum atomic E-state index is -1.31. The summed E-state index contributed by atoms with van der Waals surface area (Å²) in [5.74, 6) is -2.13. The third kappa shape index (κ3) is 7.30. The van der Waals surface area contributed by atoms with E-state index in [1.165, 1.54) is 30.3 Å². The number of halogens is 1. The number of hydrogen-bond acceptors (Lipinski definition) is 4. The summed E-state index contributed by atoms with van der Waals surface area (Å²) in [4.78, 5) is 23.8. The molecule has 0 spiro atoms. The third-order valence-electron chi connectivity index (χ3n) is 4.99.